The van der Waals surface area contributed by atoms with Gasteiger partial charge in [0.25, 0.3) is 0 Å². The molecule has 0 spiro atoms. The Morgan fingerprint density at radius 3 is 2.41 bits per heavy atom. The zero-order chi connectivity index (χ0) is 20.4. The molecule has 3 nitrogen and oxygen atoms in total. The maximum Gasteiger partial charge on any atom is 0.417 e. The standard InChI is InChI=1S/C22H18ClF3N2O/c23-20-4-2-1-3-19(20)15-5-8-17(9-6-15)28-12-11-18(14-28)29-21-10-7-16(13-27-21)22(24,25)26/h1-10,13,18H,11-12,14H2/t18-/m0/s1. The second kappa shape index (κ2) is 7.95. The van der Waals surface area contributed by atoms with Crippen LogP contribution in [0.1, 0.15) is 12.0 Å². The summed E-state index contributed by atoms with van der Waals surface area (Å²) in [7, 11) is 0. The van der Waals surface area contributed by atoms with Crippen molar-refractivity contribution in [1.82, 2.24) is 4.98 Å². The summed E-state index contributed by atoms with van der Waals surface area (Å²) < 4.78 is 43.6. The molecule has 0 N–H and O–H groups in total. The Morgan fingerprint density at radius 1 is 1.00 bits per heavy atom. The van der Waals surface area contributed by atoms with Crippen LogP contribution in [0.15, 0.2) is 66.9 Å². The van der Waals surface area contributed by atoms with E-state index in [2.05, 4.69) is 9.88 Å². The predicted molar refractivity (Wildman–Crippen MR) is 107 cm³/mol. The van der Waals surface area contributed by atoms with Crippen molar-refractivity contribution >= 4 is 17.3 Å². The van der Waals surface area contributed by atoms with E-state index in [4.69, 9.17) is 16.3 Å². The van der Waals surface area contributed by atoms with Gasteiger partial charge in [0.05, 0.1) is 12.1 Å². The Morgan fingerprint density at radius 2 is 1.76 bits per heavy atom. The lowest BCUT2D eigenvalue weighted by Crippen LogP contribution is -2.24. The van der Waals surface area contributed by atoms with Gasteiger partial charge in [-0.25, -0.2) is 4.98 Å². The van der Waals surface area contributed by atoms with Crippen molar-refractivity contribution in [3.8, 4) is 17.0 Å². The number of pyridine rings is 1. The third-order valence-corrected chi connectivity index (χ3v) is 5.24. The summed E-state index contributed by atoms with van der Waals surface area (Å²) >= 11 is 6.26. The van der Waals surface area contributed by atoms with E-state index in [-0.39, 0.29) is 12.0 Å². The maximum atomic E-state index is 12.6. The van der Waals surface area contributed by atoms with Gasteiger partial charge in [0.2, 0.25) is 5.88 Å². The number of benzene rings is 2. The van der Waals surface area contributed by atoms with Crippen molar-refractivity contribution in [3.63, 3.8) is 0 Å². The molecule has 0 bridgehead atoms. The van der Waals surface area contributed by atoms with Crippen LogP contribution in [0.4, 0.5) is 18.9 Å². The minimum Gasteiger partial charge on any atom is -0.472 e. The molecule has 2 heterocycles. The fraction of sp³-hybridized carbons (Fsp3) is 0.227. The first kappa shape index (κ1) is 19.6. The lowest BCUT2D eigenvalue weighted by atomic mass is 10.1. The summed E-state index contributed by atoms with van der Waals surface area (Å²) in [5.74, 6) is 0.207. The van der Waals surface area contributed by atoms with E-state index < -0.39 is 11.7 Å². The van der Waals surface area contributed by atoms with Crippen LogP contribution in [-0.4, -0.2) is 24.2 Å². The molecule has 7 heteroatoms. The first-order valence-electron chi connectivity index (χ1n) is 9.20. The smallest absolute Gasteiger partial charge is 0.417 e. The molecule has 1 aliphatic rings. The van der Waals surface area contributed by atoms with Gasteiger partial charge >= 0.3 is 6.18 Å². The van der Waals surface area contributed by atoms with E-state index in [1.54, 1.807) is 0 Å². The van der Waals surface area contributed by atoms with Crippen molar-refractivity contribution < 1.29 is 17.9 Å². The summed E-state index contributed by atoms with van der Waals surface area (Å²) in [6.45, 7) is 1.45. The third-order valence-electron chi connectivity index (χ3n) is 4.91. The lowest BCUT2D eigenvalue weighted by Gasteiger charge is -2.19. The molecule has 0 unspecified atom stereocenters. The van der Waals surface area contributed by atoms with Gasteiger partial charge in [0, 0.05) is 41.5 Å². The van der Waals surface area contributed by atoms with Gasteiger partial charge in [0.15, 0.2) is 0 Å². The Hall–Kier alpha value is -2.73. The monoisotopic (exact) mass is 418 g/mol. The molecule has 2 aromatic carbocycles. The predicted octanol–water partition coefficient (Wildman–Crippen LogP) is 6.08. The van der Waals surface area contributed by atoms with Crippen LogP contribution in [0, 0.1) is 0 Å². The van der Waals surface area contributed by atoms with E-state index in [9.17, 15) is 13.2 Å². The van der Waals surface area contributed by atoms with Crippen molar-refractivity contribution in [3.05, 3.63) is 77.4 Å². The molecule has 0 aliphatic carbocycles. The van der Waals surface area contributed by atoms with Crippen LogP contribution in [0.3, 0.4) is 0 Å². The molecular formula is C22H18ClF3N2O. The number of rotatable bonds is 4. The lowest BCUT2D eigenvalue weighted by molar-refractivity contribution is -0.137. The quantitative estimate of drug-likeness (QED) is 0.513. The molecule has 1 atom stereocenters. The van der Waals surface area contributed by atoms with Crippen molar-refractivity contribution in [1.29, 1.82) is 0 Å². The molecule has 3 aromatic rings. The molecule has 0 radical (unpaired) electrons. The number of nitrogens with zero attached hydrogens (tertiary/aromatic N) is 2. The van der Waals surface area contributed by atoms with E-state index in [1.807, 2.05) is 48.5 Å². The number of hydrogen-bond acceptors (Lipinski definition) is 3. The Bertz CT molecular complexity index is 975. The highest BCUT2D eigenvalue weighted by molar-refractivity contribution is 6.33. The summed E-state index contributed by atoms with van der Waals surface area (Å²) in [6, 6.07) is 18.1. The summed E-state index contributed by atoms with van der Waals surface area (Å²) in [4.78, 5) is 5.97. The van der Waals surface area contributed by atoms with Gasteiger partial charge in [-0.3, -0.25) is 0 Å². The molecule has 150 valence electrons. The zero-order valence-corrected chi connectivity index (χ0v) is 16.1. The number of halogens is 4. The second-order valence-electron chi connectivity index (χ2n) is 6.88. The van der Waals surface area contributed by atoms with Crippen LogP contribution in [0.5, 0.6) is 5.88 Å². The second-order valence-corrected chi connectivity index (χ2v) is 7.29. The summed E-state index contributed by atoms with van der Waals surface area (Å²) in [5, 5.41) is 0.707. The van der Waals surface area contributed by atoms with E-state index in [0.29, 0.717) is 11.6 Å². The molecule has 4 rings (SSSR count). The van der Waals surface area contributed by atoms with Crippen molar-refractivity contribution in [2.45, 2.75) is 18.7 Å². The number of anilines is 1. The van der Waals surface area contributed by atoms with E-state index >= 15 is 0 Å². The van der Waals surface area contributed by atoms with E-state index in [1.165, 1.54) is 6.07 Å². The molecule has 1 aromatic heterocycles. The molecule has 0 amide bonds. The zero-order valence-electron chi connectivity index (χ0n) is 15.4. The maximum absolute atomic E-state index is 12.6. The SMILES string of the molecule is FC(F)(F)c1ccc(O[C@H]2CCN(c3ccc(-c4ccccc4Cl)cc3)C2)nc1. The summed E-state index contributed by atoms with van der Waals surface area (Å²) in [5.41, 5.74) is 2.31. The van der Waals surface area contributed by atoms with Gasteiger partial charge in [-0.1, -0.05) is 41.9 Å². The Kier molecular flexibility index (Phi) is 5.37. The first-order valence-corrected chi connectivity index (χ1v) is 9.58. The van der Waals surface area contributed by atoms with Crippen molar-refractivity contribution in [2.75, 3.05) is 18.0 Å². The highest BCUT2D eigenvalue weighted by atomic mass is 35.5. The largest absolute Gasteiger partial charge is 0.472 e. The van der Waals surface area contributed by atoms with Crippen LogP contribution in [0.25, 0.3) is 11.1 Å². The topological polar surface area (TPSA) is 25.4 Å². The van der Waals surface area contributed by atoms with Gasteiger partial charge in [-0.15, -0.1) is 0 Å². The minimum atomic E-state index is -4.40. The van der Waals surface area contributed by atoms with Gasteiger partial charge < -0.3 is 9.64 Å². The molecule has 0 saturated carbocycles. The average molecular weight is 419 g/mol. The molecule has 1 aliphatic heterocycles. The van der Waals surface area contributed by atoms with Gasteiger partial charge in [-0.2, -0.15) is 13.2 Å². The Labute approximate surface area is 171 Å². The fourth-order valence-corrected chi connectivity index (χ4v) is 3.64. The van der Waals surface area contributed by atoms with Crippen LogP contribution < -0.4 is 9.64 Å². The molecule has 29 heavy (non-hydrogen) atoms. The normalized spacial score (nSPS) is 16.8. The third kappa shape index (κ3) is 4.48. The highest BCUT2D eigenvalue weighted by Crippen LogP contribution is 2.31. The van der Waals surface area contributed by atoms with Gasteiger partial charge in [-0.05, 0) is 29.8 Å². The van der Waals surface area contributed by atoms with Crippen LogP contribution >= 0.6 is 11.6 Å². The van der Waals surface area contributed by atoms with Crippen LogP contribution in [0.2, 0.25) is 5.02 Å². The van der Waals surface area contributed by atoms with Crippen molar-refractivity contribution in [2.24, 2.45) is 0 Å². The average Bonchev–Trinajstić information content (AvgIpc) is 3.17. The minimum absolute atomic E-state index is 0.123. The molecule has 1 saturated heterocycles. The number of ether oxygens (including phenoxy) is 1. The first-order chi connectivity index (χ1) is 13.9. The highest BCUT2D eigenvalue weighted by Gasteiger charge is 2.31. The van der Waals surface area contributed by atoms with Crippen LogP contribution in [-0.2, 0) is 6.18 Å². The molecular weight excluding hydrogens is 401 g/mol. The molecule has 1 fully saturated rings. The number of alkyl halides is 3. The van der Waals surface area contributed by atoms with Gasteiger partial charge in [0.1, 0.15) is 6.10 Å². The number of hydrogen-bond donors (Lipinski definition) is 0. The number of aromatic nitrogens is 1. The summed E-state index contributed by atoms with van der Waals surface area (Å²) in [6.07, 6.45) is -2.95. The Balaban J connectivity index is 1.39. The van der Waals surface area contributed by atoms with E-state index in [0.717, 1.165) is 42.0 Å². The fourth-order valence-electron chi connectivity index (χ4n) is 3.39.